The van der Waals surface area contributed by atoms with E-state index in [9.17, 15) is 26.0 Å². The monoisotopic (exact) mass is 431 g/mol. The first-order valence-corrected chi connectivity index (χ1v) is 11.6. The zero-order valence-corrected chi connectivity index (χ0v) is 16.4. The van der Waals surface area contributed by atoms with Gasteiger partial charge >= 0.3 is 0 Å². The summed E-state index contributed by atoms with van der Waals surface area (Å²) in [4.78, 5) is 11.8. The molecule has 1 aliphatic heterocycles. The molecule has 1 aromatic heterocycles. The lowest BCUT2D eigenvalue weighted by Gasteiger charge is -2.19. The van der Waals surface area contributed by atoms with Crippen LogP contribution in [0.4, 0.5) is 10.2 Å². The molecule has 0 bridgehead atoms. The Labute approximate surface area is 161 Å². The predicted molar refractivity (Wildman–Crippen MR) is 97.7 cm³/mol. The number of benzene rings is 1. The van der Waals surface area contributed by atoms with Gasteiger partial charge in [-0.15, -0.1) is 0 Å². The smallest absolute Gasteiger partial charge is 0.239 e. The number of anilines is 1. The molecule has 3 rings (SSSR count). The molecule has 2 N–H and O–H groups in total. The number of halogens is 1. The third-order valence-corrected chi connectivity index (χ3v) is 8.43. The summed E-state index contributed by atoms with van der Waals surface area (Å²) >= 11 is 0. The summed E-state index contributed by atoms with van der Waals surface area (Å²) in [6, 6.07) is 4.68. The molecular formula is C16H18FN3O6S2. The average Bonchev–Trinajstić information content (AvgIpc) is 3.16. The third kappa shape index (κ3) is 4.56. The van der Waals surface area contributed by atoms with Gasteiger partial charge < -0.3 is 15.2 Å². The number of aromatic nitrogens is 1. The largest absolute Gasteiger partial charge is 0.360 e. The number of carbonyl (C=O) groups excluding carboxylic acids is 1. The van der Waals surface area contributed by atoms with Crippen molar-refractivity contribution < 1.29 is 30.5 Å². The second kappa shape index (κ2) is 7.60. The first-order chi connectivity index (χ1) is 13.1. The quantitative estimate of drug-likeness (QED) is 0.623. The van der Waals surface area contributed by atoms with Crippen molar-refractivity contribution >= 4 is 31.4 Å². The van der Waals surface area contributed by atoms with Crippen molar-refractivity contribution in [2.24, 2.45) is 0 Å². The molecule has 0 spiro atoms. The number of amides is 1. The Hall–Kier alpha value is -2.31. The van der Waals surface area contributed by atoms with Crippen LogP contribution in [0.3, 0.4) is 0 Å². The van der Waals surface area contributed by atoms with Crippen molar-refractivity contribution in [1.82, 2.24) is 10.5 Å². The van der Waals surface area contributed by atoms with E-state index in [1.165, 1.54) is 6.07 Å². The Morgan fingerprint density at radius 2 is 1.96 bits per heavy atom. The summed E-state index contributed by atoms with van der Waals surface area (Å²) < 4.78 is 67.6. The lowest BCUT2D eigenvalue weighted by Crippen LogP contribution is -2.46. The van der Waals surface area contributed by atoms with Crippen LogP contribution < -0.4 is 10.6 Å². The van der Waals surface area contributed by atoms with Crippen LogP contribution in [0.5, 0.6) is 0 Å². The maximum absolute atomic E-state index is 13.1. The van der Waals surface area contributed by atoms with Gasteiger partial charge in [-0.1, -0.05) is 5.16 Å². The number of sulfone groups is 2. The van der Waals surface area contributed by atoms with E-state index in [-0.39, 0.29) is 17.3 Å². The maximum atomic E-state index is 13.1. The number of hydrogen-bond acceptors (Lipinski definition) is 8. The van der Waals surface area contributed by atoms with E-state index >= 15 is 0 Å². The maximum Gasteiger partial charge on any atom is 0.239 e. The van der Waals surface area contributed by atoms with Crippen LogP contribution in [-0.2, 0) is 24.5 Å². The molecule has 1 saturated heterocycles. The van der Waals surface area contributed by atoms with Crippen molar-refractivity contribution in [2.75, 3.05) is 23.4 Å². The first-order valence-electron chi connectivity index (χ1n) is 8.23. The first kappa shape index (κ1) is 20.4. The number of hydrogen-bond donors (Lipinski definition) is 2. The van der Waals surface area contributed by atoms with Gasteiger partial charge in [-0.2, -0.15) is 0 Å². The number of nitrogens with zero attached hydrogens (tertiary/aromatic N) is 1. The van der Waals surface area contributed by atoms with Gasteiger partial charge in [0.1, 0.15) is 11.6 Å². The van der Waals surface area contributed by atoms with Crippen LogP contribution in [0, 0.1) is 12.7 Å². The summed E-state index contributed by atoms with van der Waals surface area (Å²) in [7, 11) is -7.67. The summed E-state index contributed by atoms with van der Waals surface area (Å²) in [6.07, 6.45) is 0. The van der Waals surface area contributed by atoms with Crippen LogP contribution in [-0.4, -0.2) is 57.2 Å². The van der Waals surface area contributed by atoms with E-state index in [0.717, 1.165) is 24.3 Å². The molecule has 28 heavy (non-hydrogen) atoms. The van der Waals surface area contributed by atoms with Crippen molar-refractivity contribution in [2.45, 2.75) is 23.1 Å². The molecule has 1 fully saturated rings. The van der Waals surface area contributed by atoms with E-state index < -0.39 is 54.2 Å². The lowest BCUT2D eigenvalue weighted by atomic mass is 10.2. The molecule has 152 valence electrons. The zero-order valence-electron chi connectivity index (χ0n) is 14.8. The Morgan fingerprint density at radius 3 is 2.57 bits per heavy atom. The minimum Gasteiger partial charge on any atom is -0.360 e. The van der Waals surface area contributed by atoms with Crippen LogP contribution in [0.15, 0.2) is 39.8 Å². The summed E-state index contributed by atoms with van der Waals surface area (Å²) in [6.45, 7) is 1.33. The van der Waals surface area contributed by atoms with Crippen molar-refractivity contribution in [3.63, 3.8) is 0 Å². The third-order valence-electron chi connectivity index (χ3n) is 4.26. The van der Waals surface area contributed by atoms with Crippen LogP contribution >= 0.6 is 0 Å². The molecule has 1 aliphatic rings. The second-order valence-electron chi connectivity index (χ2n) is 6.47. The minimum absolute atomic E-state index is 0.176. The molecule has 0 saturated carbocycles. The minimum atomic E-state index is -4.05. The fraction of sp³-hybridized carbons (Fsp3) is 0.375. The highest BCUT2D eigenvalue weighted by atomic mass is 32.2. The molecule has 1 aromatic carbocycles. The van der Waals surface area contributed by atoms with Gasteiger partial charge in [0.15, 0.2) is 25.5 Å². The Kier molecular flexibility index (Phi) is 5.55. The predicted octanol–water partition coefficient (Wildman–Crippen LogP) is 0.290. The number of carbonyl (C=O) groups is 1. The molecule has 2 aromatic rings. The molecule has 9 nitrogen and oxygen atoms in total. The van der Waals surface area contributed by atoms with E-state index in [0.29, 0.717) is 5.76 Å². The molecule has 2 heterocycles. The highest BCUT2D eigenvalue weighted by molar-refractivity contribution is 7.96. The average molecular weight is 431 g/mol. The van der Waals surface area contributed by atoms with Gasteiger partial charge in [0.25, 0.3) is 0 Å². The lowest BCUT2D eigenvalue weighted by molar-refractivity contribution is -0.115. The fourth-order valence-corrected chi connectivity index (χ4v) is 7.66. The van der Waals surface area contributed by atoms with E-state index in [1.54, 1.807) is 6.92 Å². The van der Waals surface area contributed by atoms with E-state index in [2.05, 4.69) is 15.8 Å². The highest BCUT2D eigenvalue weighted by Crippen LogP contribution is 2.26. The van der Waals surface area contributed by atoms with E-state index in [1.807, 2.05) is 0 Å². The topological polar surface area (TPSA) is 135 Å². The number of nitrogens with one attached hydrogen (secondary N) is 2. The molecule has 12 heteroatoms. The summed E-state index contributed by atoms with van der Waals surface area (Å²) in [5.74, 6) is -1.44. The van der Waals surface area contributed by atoms with Gasteiger partial charge in [-0.05, 0) is 31.2 Å². The number of rotatable bonds is 6. The van der Waals surface area contributed by atoms with Crippen molar-refractivity contribution in [3.05, 3.63) is 41.9 Å². The van der Waals surface area contributed by atoms with Crippen LogP contribution in [0.2, 0.25) is 0 Å². The SMILES string of the molecule is Cc1cc(NC(=O)CN[C@H]2CS(=O)(=O)C[C@@H]2S(=O)(=O)c2ccc(F)cc2)no1. The molecule has 0 radical (unpaired) electrons. The van der Waals surface area contributed by atoms with Gasteiger partial charge in [0, 0.05) is 12.1 Å². The summed E-state index contributed by atoms with van der Waals surface area (Å²) in [5.41, 5.74) is 0. The van der Waals surface area contributed by atoms with Crippen molar-refractivity contribution in [3.8, 4) is 0 Å². The molecule has 0 unspecified atom stereocenters. The molecule has 1 amide bonds. The summed E-state index contributed by atoms with van der Waals surface area (Å²) in [5, 5.41) is 7.47. The van der Waals surface area contributed by atoms with Crippen LogP contribution in [0.1, 0.15) is 5.76 Å². The molecular weight excluding hydrogens is 413 g/mol. The van der Waals surface area contributed by atoms with Gasteiger partial charge in [0.2, 0.25) is 5.91 Å². The Morgan fingerprint density at radius 1 is 1.29 bits per heavy atom. The molecule has 0 aliphatic carbocycles. The zero-order chi connectivity index (χ0) is 20.5. The second-order valence-corrected chi connectivity index (χ2v) is 10.8. The van der Waals surface area contributed by atoms with Gasteiger partial charge in [-0.25, -0.2) is 21.2 Å². The van der Waals surface area contributed by atoms with Crippen LogP contribution in [0.25, 0.3) is 0 Å². The van der Waals surface area contributed by atoms with Gasteiger partial charge in [-0.3, -0.25) is 4.79 Å². The Balaban J connectivity index is 1.73. The molecule has 2 atom stereocenters. The fourth-order valence-electron chi connectivity index (χ4n) is 2.95. The highest BCUT2D eigenvalue weighted by Gasteiger charge is 2.45. The standard InChI is InChI=1S/C16H18FN3O6S2/c1-10-6-15(20-26-10)19-16(21)7-18-13-8-27(22,23)9-14(13)28(24,25)12-4-2-11(17)3-5-12/h2-6,13-14,18H,7-9H2,1H3,(H,19,20,21)/t13-,14-/m0/s1. The number of aryl methyl sites for hydroxylation is 1. The Bertz CT molecular complexity index is 1080. The van der Waals surface area contributed by atoms with Gasteiger partial charge in [0.05, 0.1) is 28.2 Å². The van der Waals surface area contributed by atoms with Crippen molar-refractivity contribution in [1.29, 1.82) is 0 Å². The normalized spacial score (nSPS) is 21.5. The van der Waals surface area contributed by atoms with E-state index in [4.69, 9.17) is 4.52 Å².